The SMILES string of the molecule is CCc1ccc(NC(=O)C[NH2+][C@H](C)c2ccc(F)cc2F)cc1. The molecule has 0 unspecified atom stereocenters. The van der Waals surface area contributed by atoms with Gasteiger partial charge in [0.1, 0.15) is 17.7 Å². The highest BCUT2D eigenvalue weighted by Gasteiger charge is 2.16. The minimum absolute atomic E-state index is 0.160. The summed E-state index contributed by atoms with van der Waals surface area (Å²) in [5, 5.41) is 4.51. The first-order valence-electron chi connectivity index (χ1n) is 7.66. The van der Waals surface area contributed by atoms with Crippen molar-refractivity contribution in [3.8, 4) is 0 Å². The normalized spacial score (nSPS) is 12.0. The van der Waals surface area contributed by atoms with Crippen molar-refractivity contribution < 1.29 is 18.9 Å². The van der Waals surface area contributed by atoms with Gasteiger partial charge in [0.2, 0.25) is 0 Å². The minimum Gasteiger partial charge on any atom is -0.332 e. The van der Waals surface area contributed by atoms with Gasteiger partial charge in [0.05, 0.1) is 0 Å². The molecule has 0 fully saturated rings. The van der Waals surface area contributed by atoms with Crippen LogP contribution in [0.15, 0.2) is 42.5 Å². The molecule has 0 saturated heterocycles. The number of carbonyl (C=O) groups is 1. The molecule has 1 amide bonds. The van der Waals surface area contributed by atoms with E-state index in [2.05, 4.69) is 12.2 Å². The summed E-state index contributed by atoms with van der Waals surface area (Å²) in [6.45, 7) is 4.01. The number of nitrogens with two attached hydrogens (primary N) is 1. The molecule has 1 atom stereocenters. The fourth-order valence-corrected chi connectivity index (χ4v) is 2.32. The van der Waals surface area contributed by atoms with Crippen LogP contribution in [-0.4, -0.2) is 12.5 Å². The molecule has 0 bridgehead atoms. The molecule has 2 rings (SSSR count). The zero-order valence-corrected chi connectivity index (χ0v) is 13.3. The molecule has 0 spiro atoms. The van der Waals surface area contributed by atoms with Crippen LogP contribution in [0.5, 0.6) is 0 Å². The van der Waals surface area contributed by atoms with Gasteiger partial charge in [-0.15, -0.1) is 0 Å². The van der Waals surface area contributed by atoms with Gasteiger partial charge in [-0.3, -0.25) is 4.79 Å². The van der Waals surface area contributed by atoms with Gasteiger partial charge >= 0.3 is 0 Å². The zero-order valence-electron chi connectivity index (χ0n) is 13.3. The summed E-state index contributed by atoms with van der Waals surface area (Å²) in [7, 11) is 0. The first kappa shape index (κ1) is 17.1. The Morgan fingerprint density at radius 3 is 2.48 bits per heavy atom. The van der Waals surface area contributed by atoms with Crippen LogP contribution in [0.3, 0.4) is 0 Å². The Morgan fingerprint density at radius 1 is 1.17 bits per heavy atom. The van der Waals surface area contributed by atoms with Gasteiger partial charge in [-0.1, -0.05) is 19.1 Å². The van der Waals surface area contributed by atoms with Gasteiger partial charge < -0.3 is 10.6 Å². The van der Waals surface area contributed by atoms with Gasteiger partial charge in [-0.25, -0.2) is 8.78 Å². The Balaban J connectivity index is 1.87. The molecular weight excluding hydrogens is 298 g/mol. The average molecular weight is 319 g/mol. The first-order valence-corrected chi connectivity index (χ1v) is 7.66. The van der Waals surface area contributed by atoms with Crippen LogP contribution in [0.2, 0.25) is 0 Å². The predicted molar refractivity (Wildman–Crippen MR) is 86.0 cm³/mol. The van der Waals surface area contributed by atoms with E-state index in [1.165, 1.54) is 17.7 Å². The molecule has 0 saturated carbocycles. The van der Waals surface area contributed by atoms with Gasteiger partial charge in [0.25, 0.3) is 5.91 Å². The number of aryl methyl sites for hydroxylation is 1. The van der Waals surface area contributed by atoms with Crippen molar-refractivity contribution in [1.82, 2.24) is 0 Å². The van der Waals surface area contributed by atoms with Gasteiger partial charge in [0, 0.05) is 17.3 Å². The molecule has 3 N–H and O–H groups in total. The molecule has 0 aliphatic heterocycles. The van der Waals surface area contributed by atoms with Crippen LogP contribution in [0.25, 0.3) is 0 Å². The van der Waals surface area contributed by atoms with Gasteiger partial charge in [0.15, 0.2) is 6.54 Å². The molecule has 23 heavy (non-hydrogen) atoms. The number of hydrogen-bond donors (Lipinski definition) is 2. The van der Waals surface area contributed by atoms with E-state index < -0.39 is 11.6 Å². The van der Waals surface area contributed by atoms with E-state index >= 15 is 0 Å². The van der Waals surface area contributed by atoms with E-state index in [9.17, 15) is 13.6 Å². The monoisotopic (exact) mass is 319 g/mol. The van der Waals surface area contributed by atoms with Crippen LogP contribution in [-0.2, 0) is 11.2 Å². The highest BCUT2D eigenvalue weighted by Crippen LogP contribution is 2.14. The maximum Gasteiger partial charge on any atom is 0.279 e. The fourth-order valence-electron chi connectivity index (χ4n) is 2.32. The van der Waals surface area contributed by atoms with E-state index in [0.29, 0.717) is 5.56 Å². The summed E-state index contributed by atoms with van der Waals surface area (Å²) in [5.74, 6) is -1.36. The summed E-state index contributed by atoms with van der Waals surface area (Å²) < 4.78 is 26.6. The topological polar surface area (TPSA) is 45.7 Å². The molecular formula is C18H21F2N2O+. The highest BCUT2D eigenvalue weighted by molar-refractivity contribution is 5.91. The second kappa shape index (κ2) is 7.83. The van der Waals surface area contributed by atoms with Crippen molar-refractivity contribution in [2.75, 3.05) is 11.9 Å². The van der Waals surface area contributed by atoms with E-state index in [0.717, 1.165) is 18.2 Å². The zero-order chi connectivity index (χ0) is 16.8. The average Bonchev–Trinajstić information content (AvgIpc) is 2.53. The fraction of sp³-hybridized carbons (Fsp3) is 0.278. The molecule has 5 heteroatoms. The Bertz CT molecular complexity index is 671. The number of quaternary nitrogens is 1. The molecule has 3 nitrogen and oxygen atoms in total. The minimum atomic E-state index is -0.605. The number of carbonyl (C=O) groups excluding carboxylic acids is 1. The van der Waals surface area contributed by atoms with Crippen LogP contribution in [0.1, 0.15) is 31.0 Å². The van der Waals surface area contributed by atoms with Crippen LogP contribution in [0.4, 0.5) is 14.5 Å². The first-order chi connectivity index (χ1) is 11.0. The number of amides is 1. The third-order valence-electron chi connectivity index (χ3n) is 3.76. The summed E-state index contributed by atoms with van der Waals surface area (Å²) in [5.41, 5.74) is 2.32. The van der Waals surface area contributed by atoms with E-state index in [4.69, 9.17) is 0 Å². The van der Waals surface area contributed by atoms with E-state index in [1.807, 2.05) is 24.3 Å². The van der Waals surface area contributed by atoms with Crippen molar-refractivity contribution in [2.45, 2.75) is 26.3 Å². The number of rotatable bonds is 6. The number of anilines is 1. The Labute approximate surface area is 134 Å². The lowest BCUT2D eigenvalue weighted by atomic mass is 10.1. The molecule has 2 aromatic carbocycles. The second-order valence-electron chi connectivity index (χ2n) is 5.49. The molecule has 2 aromatic rings. The quantitative estimate of drug-likeness (QED) is 0.845. The maximum atomic E-state index is 13.7. The molecule has 0 aliphatic carbocycles. The van der Waals surface area contributed by atoms with Crippen LogP contribution < -0.4 is 10.6 Å². The maximum absolute atomic E-state index is 13.7. The van der Waals surface area contributed by atoms with Crippen molar-refractivity contribution in [3.05, 3.63) is 65.2 Å². The largest absolute Gasteiger partial charge is 0.332 e. The van der Waals surface area contributed by atoms with E-state index in [1.54, 1.807) is 12.2 Å². The third kappa shape index (κ3) is 4.86. The molecule has 0 aliphatic rings. The predicted octanol–water partition coefficient (Wildman–Crippen LogP) is 2.79. The van der Waals surface area contributed by atoms with E-state index in [-0.39, 0.29) is 18.5 Å². The number of benzene rings is 2. The second-order valence-corrected chi connectivity index (χ2v) is 5.49. The summed E-state index contributed by atoms with van der Waals surface area (Å²) >= 11 is 0. The highest BCUT2D eigenvalue weighted by atomic mass is 19.1. The lowest BCUT2D eigenvalue weighted by Gasteiger charge is -2.12. The van der Waals surface area contributed by atoms with Crippen molar-refractivity contribution in [2.24, 2.45) is 0 Å². The molecule has 0 aromatic heterocycles. The number of hydrogen-bond acceptors (Lipinski definition) is 1. The van der Waals surface area contributed by atoms with Crippen LogP contribution >= 0.6 is 0 Å². The molecule has 0 heterocycles. The number of nitrogens with one attached hydrogen (secondary N) is 1. The summed E-state index contributed by atoms with van der Waals surface area (Å²) in [6.07, 6.45) is 0.947. The standard InChI is InChI=1S/C18H20F2N2O/c1-3-13-4-7-15(8-5-13)22-18(23)11-21-12(2)16-9-6-14(19)10-17(16)20/h4-10,12,21H,3,11H2,1-2H3,(H,22,23)/p+1/t12-/m1/s1. The van der Waals surface area contributed by atoms with Crippen molar-refractivity contribution in [1.29, 1.82) is 0 Å². The Kier molecular flexibility index (Phi) is 5.82. The molecule has 122 valence electrons. The van der Waals surface area contributed by atoms with Gasteiger partial charge in [-0.2, -0.15) is 0 Å². The smallest absolute Gasteiger partial charge is 0.279 e. The molecule has 0 radical (unpaired) electrons. The summed E-state index contributed by atoms with van der Waals surface area (Å²) in [4.78, 5) is 11.9. The summed E-state index contributed by atoms with van der Waals surface area (Å²) in [6, 6.07) is 10.9. The van der Waals surface area contributed by atoms with Crippen molar-refractivity contribution >= 4 is 11.6 Å². The Morgan fingerprint density at radius 2 is 1.87 bits per heavy atom. The van der Waals surface area contributed by atoms with Crippen molar-refractivity contribution in [3.63, 3.8) is 0 Å². The Hall–Kier alpha value is -2.27. The lowest BCUT2D eigenvalue weighted by Crippen LogP contribution is -2.86. The van der Waals surface area contributed by atoms with Crippen LogP contribution in [0, 0.1) is 11.6 Å². The van der Waals surface area contributed by atoms with Gasteiger partial charge in [-0.05, 0) is 43.2 Å². The number of halogens is 2. The lowest BCUT2D eigenvalue weighted by molar-refractivity contribution is -0.682. The third-order valence-corrected chi connectivity index (χ3v) is 3.76.